The van der Waals surface area contributed by atoms with E-state index in [1.54, 1.807) is 0 Å². The number of nitrogens with one attached hydrogen (secondary N) is 1. The van der Waals surface area contributed by atoms with Crippen LogP contribution in [0.2, 0.25) is 0 Å². The Hall–Kier alpha value is -1.53. The molecule has 1 rings (SSSR count). The first-order valence-corrected chi connectivity index (χ1v) is 7.34. The predicted octanol–water partition coefficient (Wildman–Crippen LogP) is 3.61. The van der Waals surface area contributed by atoms with Crippen LogP contribution in [0.25, 0.3) is 0 Å². The first-order valence-electron chi connectivity index (χ1n) is 7.34. The average molecular weight is 274 g/mol. The normalized spacial score (nSPS) is 11.1. The van der Waals surface area contributed by atoms with Gasteiger partial charge in [-0.05, 0) is 30.4 Å². The fraction of sp³-hybridized carbons (Fsp3) is 0.588. The lowest BCUT2D eigenvalue weighted by molar-refractivity contribution is 0.274. The van der Waals surface area contributed by atoms with Crippen molar-refractivity contribution >= 4 is 0 Å². The van der Waals surface area contributed by atoms with E-state index in [1.165, 1.54) is 0 Å². The van der Waals surface area contributed by atoms with E-state index < -0.39 is 0 Å². The summed E-state index contributed by atoms with van der Waals surface area (Å²) in [6.45, 7) is 11.0. The summed E-state index contributed by atoms with van der Waals surface area (Å²) in [7, 11) is 0. The minimum atomic E-state index is 0.0949. The molecule has 0 aliphatic heterocycles. The van der Waals surface area contributed by atoms with Gasteiger partial charge in [0.2, 0.25) is 0 Å². The van der Waals surface area contributed by atoms with Crippen LogP contribution in [0.5, 0.6) is 5.75 Å². The summed E-state index contributed by atoms with van der Waals surface area (Å²) in [4.78, 5) is 0. The van der Waals surface area contributed by atoms with Gasteiger partial charge in [-0.25, -0.2) is 0 Å². The second kappa shape index (κ2) is 8.60. The molecular weight excluding hydrogens is 248 g/mol. The Labute approximate surface area is 123 Å². The van der Waals surface area contributed by atoms with Crippen molar-refractivity contribution in [2.24, 2.45) is 17.8 Å². The topological polar surface area (TPSA) is 45.0 Å². The van der Waals surface area contributed by atoms with Crippen molar-refractivity contribution in [2.45, 2.75) is 34.2 Å². The summed E-state index contributed by atoms with van der Waals surface area (Å²) in [5, 5.41) is 12.1. The average Bonchev–Trinajstić information content (AvgIpc) is 2.41. The molecule has 3 heteroatoms. The van der Waals surface area contributed by atoms with Gasteiger partial charge in [0.15, 0.2) is 6.61 Å². The third-order valence-electron chi connectivity index (χ3n) is 3.67. The molecule has 0 bridgehead atoms. The maximum absolute atomic E-state index is 8.60. The molecule has 110 valence electrons. The van der Waals surface area contributed by atoms with Crippen LogP contribution in [0, 0.1) is 29.1 Å². The Morgan fingerprint density at radius 1 is 1.15 bits per heavy atom. The fourth-order valence-corrected chi connectivity index (χ4v) is 2.52. The van der Waals surface area contributed by atoms with Crippen LogP contribution in [0.3, 0.4) is 0 Å². The highest BCUT2D eigenvalue weighted by Gasteiger charge is 2.16. The molecule has 0 aromatic heterocycles. The molecule has 0 saturated carbocycles. The molecule has 0 spiro atoms. The number of benzene rings is 1. The van der Waals surface area contributed by atoms with Gasteiger partial charge in [-0.15, -0.1) is 0 Å². The lowest BCUT2D eigenvalue weighted by Gasteiger charge is -2.25. The second-order valence-electron chi connectivity index (χ2n) is 5.84. The van der Waals surface area contributed by atoms with E-state index >= 15 is 0 Å². The molecule has 3 nitrogen and oxygen atoms in total. The minimum Gasteiger partial charge on any atom is -0.478 e. The van der Waals surface area contributed by atoms with Crippen LogP contribution in [0.4, 0.5) is 0 Å². The molecule has 1 N–H and O–H groups in total. The molecule has 0 fully saturated rings. The highest BCUT2D eigenvalue weighted by molar-refractivity contribution is 5.33. The van der Waals surface area contributed by atoms with E-state index in [1.807, 2.05) is 30.3 Å². The molecule has 0 heterocycles. The number of nitrogens with zero attached hydrogens (tertiary/aromatic N) is 1. The second-order valence-corrected chi connectivity index (χ2v) is 5.84. The molecule has 0 amide bonds. The van der Waals surface area contributed by atoms with Crippen LogP contribution in [0.15, 0.2) is 24.3 Å². The van der Waals surface area contributed by atoms with Gasteiger partial charge < -0.3 is 10.1 Å². The van der Waals surface area contributed by atoms with Gasteiger partial charge in [0.1, 0.15) is 11.8 Å². The summed E-state index contributed by atoms with van der Waals surface area (Å²) in [6.07, 6.45) is 0. The highest BCUT2D eigenvalue weighted by Crippen LogP contribution is 2.21. The lowest BCUT2D eigenvalue weighted by atomic mass is 9.85. The number of rotatable bonds is 8. The van der Waals surface area contributed by atoms with Gasteiger partial charge in [-0.2, -0.15) is 5.26 Å². The maximum atomic E-state index is 8.60. The third-order valence-corrected chi connectivity index (χ3v) is 3.67. The molecule has 0 radical (unpaired) electrons. The van der Waals surface area contributed by atoms with Gasteiger partial charge in [-0.1, -0.05) is 45.9 Å². The maximum Gasteiger partial charge on any atom is 0.174 e. The predicted molar refractivity (Wildman–Crippen MR) is 82.4 cm³/mol. The lowest BCUT2D eigenvalue weighted by Crippen LogP contribution is -2.29. The van der Waals surface area contributed by atoms with Crippen molar-refractivity contribution in [3.8, 4) is 11.8 Å². The Morgan fingerprint density at radius 3 is 2.40 bits per heavy atom. The quantitative estimate of drug-likeness (QED) is 0.787. The van der Waals surface area contributed by atoms with E-state index in [0.29, 0.717) is 17.8 Å². The van der Waals surface area contributed by atoms with Gasteiger partial charge in [0, 0.05) is 12.1 Å². The zero-order valence-electron chi connectivity index (χ0n) is 13.0. The van der Waals surface area contributed by atoms with Gasteiger partial charge in [-0.3, -0.25) is 0 Å². The molecular formula is C17H26N2O. The molecule has 0 atom stereocenters. The molecule has 1 aromatic carbocycles. The van der Waals surface area contributed by atoms with Crippen LogP contribution < -0.4 is 10.1 Å². The Balaban J connectivity index is 2.55. The van der Waals surface area contributed by atoms with Crippen LogP contribution in [0.1, 0.15) is 33.3 Å². The standard InChI is InChI=1S/C17H26N2O/c1-13(2)16(14(3)4)12-19-11-15-7-5-6-8-17(15)20-10-9-18/h5-8,13-14,16,19H,10-12H2,1-4H3. The third kappa shape index (κ3) is 5.22. The van der Waals surface area contributed by atoms with Gasteiger partial charge >= 0.3 is 0 Å². The summed E-state index contributed by atoms with van der Waals surface area (Å²) >= 11 is 0. The molecule has 1 aromatic rings. The molecule has 0 aliphatic rings. The van der Waals surface area contributed by atoms with Crippen LogP contribution in [-0.2, 0) is 6.54 Å². The highest BCUT2D eigenvalue weighted by atomic mass is 16.5. The van der Waals surface area contributed by atoms with Crippen molar-refractivity contribution in [1.82, 2.24) is 5.32 Å². The minimum absolute atomic E-state index is 0.0949. The molecule has 20 heavy (non-hydrogen) atoms. The zero-order chi connectivity index (χ0) is 15.0. The monoisotopic (exact) mass is 274 g/mol. The van der Waals surface area contributed by atoms with E-state index in [2.05, 4.69) is 33.0 Å². The fourth-order valence-electron chi connectivity index (χ4n) is 2.52. The van der Waals surface area contributed by atoms with Crippen LogP contribution in [-0.4, -0.2) is 13.2 Å². The first kappa shape index (κ1) is 16.5. The van der Waals surface area contributed by atoms with Crippen molar-refractivity contribution in [3.63, 3.8) is 0 Å². The van der Waals surface area contributed by atoms with Gasteiger partial charge in [0.25, 0.3) is 0 Å². The number of para-hydroxylation sites is 1. The van der Waals surface area contributed by atoms with E-state index in [4.69, 9.17) is 10.00 Å². The number of hydrogen-bond donors (Lipinski definition) is 1. The van der Waals surface area contributed by atoms with Crippen molar-refractivity contribution in [1.29, 1.82) is 5.26 Å². The number of hydrogen-bond acceptors (Lipinski definition) is 3. The molecule has 0 saturated heterocycles. The Morgan fingerprint density at radius 2 is 1.80 bits per heavy atom. The summed E-state index contributed by atoms with van der Waals surface area (Å²) in [5.41, 5.74) is 1.11. The first-order chi connectivity index (χ1) is 9.56. The van der Waals surface area contributed by atoms with Crippen molar-refractivity contribution < 1.29 is 4.74 Å². The van der Waals surface area contributed by atoms with Crippen molar-refractivity contribution in [3.05, 3.63) is 29.8 Å². The Kier molecular flexibility index (Phi) is 7.11. The summed E-state index contributed by atoms with van der Waals surface area (Å²) in [5.74, 6) is 2.81. The smallest absolute Gasteiger partial charge is 0.174 e. The van der Waals surface area contributed by atoms with E-state index in [-0.39, 0.29) is 6.61 Å². The molecule has 0 aliphatic carbocycles. The number of ether oxygens (including phenoxy) is 1. The van der Waals surface area contributed by atoms with E-state index in [0.717, 1.165) is 24.4 Å². The zero-order valence-corrected chi connectivity index (χ0v) is 13.0. The summed E-state index contributed by atoms with van der Waals surface area (Å²) in [6, 6.07) is 9.89. The van der Waals surface area contributed by atoms with Crippen LogP contribution >= 0.6 is 0 Å². The van der Waals surface area contributed by atoms with E-state index in [9.17, 15) is 0 Å². The van der Waals surface area contributed by atoms with Crippen molar-refractivity contribution in [2.75, 3.05) is 13.2 Å². The summed E-state index contributed by atoms with van der Waals surface area (Å²) < 4.78 is 5.44. The van der Waals surface area contributed by atoms with Gasteiger partial charge in [0.05, 0.1) is 0 Å². The largest absolute Gasteiger partial charge is 0.478 e. The molecule has 0 unspecified atom stereocenters. The number of nitriles is 1. The SMILES string of the molecule is CC(C)C(CNCc1ccccc1OCC#N)C(C)C. The Bertz CT molecular complexity index is 427.